The first kappa shape index (κ1) is 20.5. The number of rotatable bonds is 6. The molecular weight excluding hydrogens is 396 g/mol. The summed E-state index contributed by atoms with van der Waals surface area (Å²) in [6, 6.07) is 22.6. The van der Waals surface area contributed by atoms with Gasteiger partial charge >= 0.3 is 0 Å². The van der Waals surface area contributed by atoms with Gasteiger partial charge in [0.25, 0.3) is 5.91 Å². The minimum atomic E-state index is -0.0156. The van der Waals surface area contributed by atoms with E-state index in [1.165, 1.54) is 11.1 Å². The number of carbonyl (C=O) groups excluding carboxylic acids is 1. The molecule has 32 heavy (non-hydrogen) atoms. The molecule has 2 atom stereocenters. The van der Waals surface area contributed by atoms with E-state index in [4.69, 9.17) is 0 Å². The van der Waals surface area contributed by atoms with Crippen molar-refractivity contribution in [2.45, 2.75) is 32.0 Å². The van der Waals surface area contributed by atoms with E-state index < -0.39 is 0 Å². The second kappa shape index (κ2) is 9.37. The lowest BCUT2D eigenvalue weighted by Gasteiger charge is -2.40. The molecule has 0 saturated carbocycles. The minimum absolute atomic E-state index is 0.0000456. The highest BCUT2D eigenvalue weighted by Gasteiger charge is 2.30. The molecule has 1 saturated heterocycles. The van der Waals surface area contributed by atoms with Crippen LogP contribution in [0.15, 0.2) is 85.3 Å². The number of aromatic nitrogens is 2. The van der Waals surface area contributed by atoms with Gasteiger partial charge in [-0.2, -0.15) is 0 Å². The average Bonchev–Trinajstić information content (AvgIpc) is 3.30. The van der Waals surface area contributed by atoms with Crippen molar-refractivity contribution in [1.82, 2.24) is 20.2 Å². The van der Waals surface area contributed by atoms with Crippen LogP contribution in [0, 0.1) is 5.92 Å². The minimum Gasteiger partial charge on any atom is -0.361 e. The molecule has 1 fully saturated rings. The molecule has 0 bridgehead atoms. The van der Waals surface area contributed by atoms with Crippen LogP contribution in [0.5, 0.6) is 0 Å². The summed E-state index contributed by atoms with van der Waals surface area (Å²) in [4.78, 5) is 22.9. The molecule has 162 valence electrons. The number of fused-ring (bicyclic) bond motifs is 1. The fraction of sp³-hybridized carbons (Fsp3) is 0.259. The zero-order chi connectivity index (χ0) is 21.8. The Morgan fingerprint density at radius 2 is 1.88 bits per heavy atom. The first-order chi connectivity index (χ1) is 15.7. The van der Waals surface area contributed by atoms with E-state index in [2.05, 4.69) is 62.6 Å². The van der Waals surface area contributed by atoms with Crippen molar-refractivity contribution in [2.75, 3.05) is 6.54 Å². The smallest absolute Gasteiger partial charge is 0.252 e. The van der Waals surface area contributed by atoms with Crippen molar-refractivity contribution in [3.05, 3.63) is 102 Å². The number of hydrogen-bond donors (Lipinski definition) is 2. The number of H-pyrrole nitrogens is 1. The summed E-state index contributed by atoms with van der Waals surface area (Å²) in [5.41, 5.74) is 4.32. The molecular formula is C27H28N4O. The van der Waals surface area contributed by atoms with Gasteiger partial charge in [0, 0.05) is 48.1 Å². The second-order valence-electron chi connectivity index (χ2n) is 8.68. The largest absolute Gasteiger partial charge is 0.361 e. The Morgan fingerprint density at radius 3 is 2.72 bits per heavy atom. The summed E-state index contributed by atoms with van der Waals surface area (Å²) in [5.74, 6) is 0.529. The van der Waals surface area contributed by atoms with Gasteiger partial charge in [-0.05, 0) is 72.7 Å². The van der Waals surface area contributed by atoms with Crippen LogP contribution in [0.3, 0.4) is 0 Å². The van der Waals surface area contributed by atoms with E-state index in [1.54, 1.807) is 0 Å². The Hall–Kier alpha value is -3.44. The lowest BCUT2D eigenvalue weighted by Crippen LogP contribution is -2.52. The van der Waals surface area contributed by atoms with E-state index in [-0.39, 0.29) is 12.1 Å². The second-order valence-corrected chi connectivity index (χ2v) is 8.68. The number of carbonyl (C=O) groups is 1. The van der Waals surface area contributed by atoms with Crippen LogP contribution in [0.1, 0.15) is 34.3 Å². The Bertz CT molecular complexity index is 1170. The van der Waals surface area contributed by atoms with Crippen molar-refractivity contribution >= 4 is 16.8 Å². The summed E-state index contributed by atoms with van der Waals surface area (Å²) >= 11 is 0. The highest BCUT2D eigenvalue weighted by atomic mass is 16.1. The first-order valence-electron chi connectivity index (χ1n) is 11.3. The van der Waals surface area contributed by atoms with Gasteiger partial charge in [-0.15, -0.1) is 0 Å². The summed E-state index contributed by atoms with van der Waals surface area (Å²) in [6.45, 7) is 1.77. The number of pyridine rings is 1. The van der Waals surface area contributed by atoms with Crippen molar-refractivity contribution in [3.8, 4) is 0 Å². The number of amides is 1. The molecule has 1 amide bonds. The molecule has 2 aromatic carbocycles. The number of aromatic amines is 1. The Labute approximate surface area is 188 Å². The van der Waals surface area contributed by atoms with Crippen molar-refractivity contribution in [3.63, 3.8) is 0 Å². The quantitative estimate of drug-likeness (QED) is 0.469. The molecule has 1 aliphatic rings. The highest BCUT2D eigenvalue weighted by Crippen LogP contribution is 2.27. The molecule has 0 spiro atoms. The van der Waals surface area contributed by atoms with E-state index in [1.807, 2.05) is 42.9 Å². The maximum Gasteiger partial charge on any atom is 0.252 e. The number of likely N-dealkylation sites (tertiary alicyclic amines) is 1. The van der Waals surface area contributed by atoms with E-state index in [0.717, 1.165) is 43.3 Å². The van der Waals surface area contributed by atoms with Gasteiger partial charge in [-0.3, -0.25) is 14.7 Å². The van der Waals surface area contributed by atoms with Gasteiger partial charge in [0.1, 0.15) is 0 Å². The van der Waals surface area contributed by atoms with E-state index in [9.17, 15) is 4.79 Å². The number of benzene rings is 2. The number of nitrogens with one attached hydrogen (secondary N) is 2. The number of piperidine rings is 1. The van der Waals surface area contributed by atoms with Gasteiger partial charge in [0.15, 0.2) is 0 Å². The predicted octanol–water partition coefficient (Wildman–Crippen LogP) is 4.77. The summed E-state index contributed by atoms with van der Waals surface area (Å²) < 4.78 is 0. The first-order valence-corrected chi connectivity index (χ1v) is 11.3. The van der Waals surface area contributed by atoms with E-state index >= 15 is 0 Å². The zero-order valence-corrected chi connectivity index (χ0v) is 18.1. The maximum atomic E-state index is 13.2. The van der Waals surface area contributed by atoms with Gasteiger partial charge in [0.05, 0.1) is 6.17 Å². The van der Waals surface area contributed by atoms with Gasteiger partial charge in [0.2, 0.25) is 0 Å². The third kappa shape index (κ3) is 4.73. The fourth-order valence-corrected chi connectivity index (χ4v) is 4.71. The van der Waals surface area contributed by atoms with Crippen LogP contribution in [-0.4, -0.2) is 33.5 Å². The topological polar surface area (TPSA) is 61.0 Å². The van der Waals surface area contributed by atoms with Gasteiger partial charge in [-0.25, -0.2) is 0 Å². The molecule has 2 unspecified atom stereocenters. The van der Waals surface area contributed by atoms with Crippen LogP contribution >= 0.6 is 0 Å². The van der Waals surface area contributed by atoms with Crippen molar-refractivity contribution < 1.29 is 4.79 Å². The van der Waals surface area contributed by atoms with Crippen LogP contribution in [-0.2, 0) is 13.0 Å². The van der Waals surface area contributed by atoms with Gasteiger partial charge < -0.3 is 10.3 Å². The van der Waals surface area contributed by atoms with Crippen molar-refractivity contribution in [2.24, 2.45) is 5.92 Å². The molecule has 2 aromatic heterocycles. The zero-order valence-electron chi connectivity index (χ0n) is 18.1. The normalized spacial score (nSPS) is 19.1. The molecule has 1 aliphatic heterocycles. The molecule has 0 radical (unpaired) electrons. The molecule has 2 N–H and O–H groups in total. The molecule has 0 aliphatic carbocycles. The molecule has 5 nitrogen and oxygen atoms in total. The third-order valence-electron chi connectivity index (χ3n) is 6.44. The van der Waals surface area contributed by atoms with Crippen molar-refractivity contribution in [1.29, 1.82) is 0 Å². The lowest BCUT2D eigenvalue weighted by molar-refractivity contribution is 0.0634. The van der Waals surface area contributed by atoms with Crippen LogP contribution in [0.4, 0.5) is 0 Å². The number of nitrogens with zero attached hydrogens (tertiary/aromatic N) is 2. The number of hydrogen-bond acceptors (Lipinski definition) is 3. The average molecular weight is 425 g/mol. The van der Waals surface area contributed by atoms with E-state index in [0.29, 0.717) is 11.5 Å². The standard InChI is InChI=1S/C27H28N4O/c32-27(24-6-7-25-23(18-24)10-14-29-25)30-26-17-22(16-20-4-2-1-3-5-20)11-15-31(26)19-21-8-12-28-13-9-21/h1-10,12-14,18,22,26,29H,11,15-17,19H2,(H,30,32). The van der Waals surface area contributed by atoms with Crippen LogP contribution < -0.4 is 5.32 Å². The molecule has 4 aromatic rings. The Balaban J connectivity index is 1.33. The monoisotopic (exact) mass is 424 g/mol. The fourth-order valence-electron chi connectivity index (χ4n) is 4.71. The highest BCUT2D eigenvalue weighted by molar-refractivity contribution is 5.98. The Kier molecular flexibility index (Phi) is 5.99. The van der Waals surface area contributed by atoms with Gasteiger partial charge in [-0.1, -0.05) is 30.3 Å². The van der Waals surface area contributed by atoms with Crippen LogP contribution in [0.2, 0.25) is 0 Å². The summed E-state index contributed by atoms with van der Waals surface area (Å²) in [5, 5.41) is 4.39. The predicted molar refractivity (Wildman–Crippen MR) is 127 cm³/mol. The lowest BCUT2D eigenvalue weighted by atomic mass is 9.88. The SMILES string of the molecule is O=C(NC1CC(Cc2ccccc2)CCN1Cc1ccncc1)c1ccc2[nH]ccc2c1. The van der Waals surface area contributed by atoms with Crippen LogP contribution in [0.25, 0.3) is 10.9 Å². The summed E-state index contributed by atoms with van der Waals surface area (Å²) in [7, 11) is 0. The molecule has 5 heteroatoms. The Morgan fingerprint density at radius 1 is 1.03 bits per heavy atom. The molecule has 5 rings (SSSR count). The summed E-state index contributed by atoms with van der Waals surface area (Å²) in [6.07, 6.45) is 8.68. The molecule has 3 heterocycles. The maximum absolute atomic E-state index is 13.2. The third-order valence-corrected chi connectivity index (χ3v) is 6.44.